The molecule has 2 N–H and O–H groups in total. The first-order chi connectivity index (χ1) is 7.80. The fraction of sp³-hybridized carbons (Fsp3) is 1.00. The lowest BCUT2D eigenvalue weighted by atomic mass is 9.94. The monoisotopic (exact) mass is 262 g/mol. The topological polar surface area (TPSA) is 63.4 Å². The van der Waals surface area contributed by atoms with Gasteiger partial charge >= 0.3 is 0 Å². The minimum atomic E-state index is -3.09. The lowest BCUT2D eigenvalue weighted by Crippen LogP contribution is -2.43. The fourth-order valence-corrected chi connectivity index (χ4v) is 3.94. The van der Waals surface area contributed by atoms with Crippen molar-refractivity contribution < 1.29 is 8.42 Å². The van der Waals surface area contributed by atoms with Crippen molar-refractivity contribution >= 4 is 10.0 Å². The largest absolute Gasteiger partial charge is 0.330 e. The first-order valence-electron chi connectivity index (χ1n) is 6.48. The van der Waals surface area contributed by atoms with Crippen LogP contribution in [0.25, 0.3) is 0 Å². The van der Waals surface area contributed by atoms with E-state index in [1.165, 1.54) is 0 Å². The minimum absolute atomic E-state index is 0.147. The van der Waals surface area contributed by atoms with Gasteiger partial charge in [0, 0.05) is 13.1 Å². The Kier molecular flexibility index (Phi) is 4.98. The zero-order valence-corrected chi connectivity index (χ0v) is 12.1. The van der Waals surface area contributed by atoms with E-state index in [-0.39, 0.29) is 5.41 Å². The summed E-state index contributed by atoms with van der Waals surface area (Å²) in [5, 5.41) is 0. The van der Waals surface area contributed by atoms with Crippen molar-refractivity contribution in [3.63, 3.8) is 0 Å². The molecular formula is C12H26N2O2S. The SMILES string of the molecule is CCCN(CC(C)(C)CN)S(=O)(=O)CC1CC1. The van der Waals surface area contributed by atoms with E-state index in [0.29, 0.717) is 31.3 Å². The van der Waals surface area contributed by atoms with E-state index in [4.69, 9.17) is 5.73 Å². The van der Waals surface area contributed by atoms with Gasteiger partial charge in [0.15, 0.2) is 0 Å². The molecule has 0 spiro atoms. The third-order valence-corrected chi connectivity index (χ3v) is 5.16. The standard InChI is InChI=1S/C12H26N2O2S/c1-4-7-14(10-12(2,3)9-13)17(15,16)8-11-5-6-11/h11H,4-10,13H2,1-3H3. The highest BCUT2D eigenvalue weighted by Gasteiger charge is 2.33. The van der Waals surface area contributed by atoms with Gasteiger partial charge in [-0.2, -0.15) is 0 Å². The Labute approximate surface area is 106 Å². The molecule has 4 nitrogen and oxygen atoms in total. The second-order valence-electron chi connectivity index (χ2n) is 5.92. The Balaban J connectivity index is 2.69. The van der Waals surface area contributed by atoms with Gasteiger partial charge in [0.25, 0.3) is 0 Å². The molecule has 0 unspecified atom stereocenters. The van der Waals surface area contributed by atoms with Gasteiger partial charge in [-0.3, -0.25) is 0 Å². The van der Waals surface area contributed by atoms with Crippen molar-refractivity contribution in [3.05, 3.63) is 0 Å². The van der Waals surface area contributed by atoms with Gasteiger partial charge in [0.2, 0.25) is 10.0 Å². The van der Waals surface area contributed by atoms with Gasteiger partial charge < -0.3 is 5.73 Å². The van der Waals surface area contributed by atoms with E-state index in [2.05, 4.69) is 0 Å². The van der Waals surface area contributed by atoms with E-state index in [9.17, 15) is 8.42 Å². The molecule has 5 heteroatoms. The summed E-state index contributed by atoms with van der Waals surface area (Å²) in [5.41, 5.74) is 5.54. The summed E-state index contributed by atoms with van der Waals surface area (Å²) < 4.78 is 26.1. The van der Waals surface area contributed by atoms with Crippen LogP contribution in [-0.4, -0.2) is 38.1 Å². The van der Waals surface area contributed by atoms with Crippen LogP contribution in [-0.2, 0) is 10.0 Å². The maximum absolute atomic E-state index is 12.2. The van der Waals surface area contributed by atoms with Crippen LogP contribution in [0.4, 0.5) is 0 Å². The first kappa shape index (κ1) is 14.9. The summed E-state index contributed by atoms with van der Waals surface area (Å²) in [6.07, 6.45) is 2.99. The van der Waals surface area contributed by atoms with Gasteiger partial charge in [0.1, 0.15) is 0 Å². The van der Waals surface area contributed by atoms with E-state index >= 15 is 0 Å². The molecule has 0 aromatic rings. The van der Waals surface area contributed by atoms with E-state index in [1.807, 2.05) is 20.8 Å². The van der Waals surface area contributed by atoms with Crippen LogP contribution in [0.3, 0.4) is 0 Å². The van der Waals surface area contributed by atoms with Crippen LogP contribution in [0, 0.1) is 11.3 Å². The van der Waals surface area contributed by atoms with Gasteiger partial charge in [0.05, 0.1) is 5.75 Å². The lowest BCUT2D eigenvalue weighted by Gasteiger charge is -2.31. The molecule has 1 aliphatic rings. The maximum atomic E-state index is 12.2. The molecule has 17 heavy (non-hydrogen) atoms. The molecule has 0 atom stereocenters. The predicted octanol–water partition coefficient (Wildman–Crippen LogP) is 1.42. The summed E-state index contributed by atoms with van der Waals surface area (Å²) in [6, 6.07) is 0. The molecule has 0 heterocycles. The Bertz CT molecular complexity index is 334. The van der Waals surface area contributed by atoms with Gasteiger partial charge in [-0.25, -0.2) is 12.7 Å². The second-order valence-corrected chi connectivity index (χ2v) is 7.94. The van der Waals surface area contributed by atoms with Crippen LogP contribution < -0.4 is 5.73 Å². The van der Waals surface area contributed by atoms with E-state index in [0.717, 1.165) is 19.3 Å². The number of hydrogen-bond donors (Lipinski definition) is 1. The highest BCUT2D eigenvalue weighted by atomic mass is 32.2. The second kappa shape index (κ2) is 5.67. The van der Waals surface area contributed by atoms with Crippen molar-refractivity contribution in [2.75, 3.05) is 25.4 Å². The van der Waals surface area contributed by atoms with Crippen molar-refractivity contribution in [2.45, 2.75) is 40.0 Å². The van der Waals surface area contributed by atoms with E-state index in [1.54, 1.807) is 4.31 Å². The van der Waals surface area contributed by atoms with Gasteiger partial charge in [-0.15, -0.1) is 0 Å². The predicted molar refractivity (Wildman–Crippen MR) is 71.2 cm³/mol. The molecule has 0 aliphatic heterocycles. The molecule has 1 aliphatic carbocycles. The maximum Gasteiger partial charge on any atom is 0.214 e. The Morgan fingerprint density at radius 3 is 2.35 bits per heavy atom. The van der Waals surface area contributed by atoms with Crippen molar-refractivity contribution in [1.29, 1.82) is 0 Å². The fourth-order valence-electron chi connectivity index (χ4n) is 1.80. The molecule has 0 amide bonds. The van der Waals surface area contributed by atoms with Crippen LogP contribution in [0.1, 0.15) is 40.0 Å². The third-order valence-electron chi connectivity index (χ3n) is 3.17. The molecule has 0 saturated heterocycles. The molecule has 0 radical (unpaired) electrons. The van der Waals surface area contributed by atoms with Gasteiger partial charge in [-0.1, -0.05) is 20.8 Å². The van der Waals surface area contributed by atoms with Gasteiger partial charge in [-0.05, 0) is 37.1 Å². The summed E-state index contributed by atoms with van der Waals surface area (Å²) in [7, 11) is -3.09. The minimum Gasteiger partial charge on any atom is -0.330 e. The number of sulfonamides is 1. The Morgan fingerprint density at radius 2 is 1.94 bits per heavy atom. The Morgan fingerprint density at radius 1 is 1.35 bits per heavy atom. The summed E-state index contributed by atoms with van der Waals surface area (Å²) in [5.74, 6) is 0.730. The molecule has 102 valence electrons. The lowest BCUT2D eigenvalue weighted by molar-refractivity contribution is 0.266. The highest BCUT2D eigenvalue weighted by Crippen LogP contribution is 2.31. The highest BCUT2D eigenvalue weighted by molar-refractivity contribution is 7.89. The molecular weight excluding hydrogens is 236 g/mol. The zero-order valence-electron chi connectivity index (χ0n) is 11.3. The number of rotatable bonds is 8. The number of nitrogens with two attached hydrogens (primary N) is 1. The van der Waals surface area contributed by atoms with Crippen molar-refractivity contribution in [2.24, 2.45) is 17.1 Å². The normalized spacial score (nSPS) is 17.7. The van der Waals surface area contributed by atoms with Crippen LogP contribution in [0.2, 0.25) is 0 Å². The summed E-state index contributed by atoms with van der Waals surface area (Å²) >= 11 is 0. The summed E-state index contributed by atoms with van der Waals surface area (Å²) in [4.78, 5) is 0. The van der Waals surface area contributed by atoms with Crippen molar-refractivity contribution in [1.82, 2.24) is 4.31 Å². The van der Waals surface area contributed by atoms with Crippen LogP contribution in [0.15, 0.2) is 0 Å². The quantitative estimate of drug-likeness (QED) is 0.719. The third kappa shape index (κ3) is 4.94. The van der Waals surface area contributed by atoms with Crippen molar-refractivity contribution in [3.8, 4) is 0 Å². The molecule has 1 rings (SSSR count). The van der Waals surface area contributed by atoms with E-state index < -0.39 is 10.0 Å². The molecule has 0 aromatic carbocycles. The first-order valence-corrected chi connectivity index (χ1v) is 8.09. The zero-order chi connectivity index (χ0) is 13.1. The smallest absolute Gasteiger partial charge is 0.214 e. The van der Waals surface area contributed by atoms with Crippen LogP contribution >= 0.6 is 0 Å². The molecule has 1 fully saturated rings. The molecule has 1 saturated carbocycles. The number of nitrogens with zero attached hydrogens (tertiary/aromatic N) is 1. The number of hydrogen-bond acceptors (Lipinski definition) is 3. The molecule has 0 bridgehead atoms. The Hall–Kier alpha value is -0.130. The molecule has 0 aromatic heterocycles. The summed E-state index contributed by atoms with van der Waals surface area (Å²) in [6.45, 7) is 7.69. The van der Waals surface area contributed by atoms with Crippen LogP contribution in [0.5, 0.6) is 0 Å². The average molecular weight is 262 g/mol. The average Bonchev–Trinajstić information content (AvgIpc) is 3.00.